The number of anilines is 1. The molecule has 172 valence electrons. The van der Waals surface area contributed by atoms with Crippen molar-refractivity contribution in [2.24, 2.45) is 0 Å². The topological polar surface area (TPSA) is 74.1 Å². The molecule has 0 atom stereocenters. The zero-order chi connectivity index (χ0) is 22.9. The number of methoxy groups -OCH3 is 1. The lowest BCUT2D eigenvalue weighted by atomic mass is 10.2. The van der Waals surface area contributed by atoms with E-state index in [-0.39, 0.29) is 23.5 Å². The van der Waals surface area contributed by atoms with Gasteiger partial charge in [-0.15, -0.1) is 0 Å². The van der Waals surface area contributed by atoms with Crippen molar-refractivity contribution in [2.45, 2.75) is 64.4 Å². The number of ether oxygens (including phenoxy) is 2. The molecule has 4 rings (SSSR count). The van der Waals surface area contributed by atoms with Crippen LogP contribution in [0.5, 0.6) is 11.5 Å². The van der Waals surface area contributed by atoms with Crippen LogP contribution in [-0.4, -0.2) is 39.0 Å². The Bertz CT molecular complexity index is 1040. The molecule has 1 aliphatic carbocycles. The molecule has 1 fully saturated rings. The van der Waals surface area contributed by atoms with Gasteiger partial charge in [-0.1, -0.05) is 19.9 Å². The fourth-order valence-electron chi connectivity index (χ4n) is 3.85. The molecule has 3 aliphatic rings. The third-order valence-electron chi connectivity index (χ3n) is 5.43. The summed E-state index contributed by atoms with van der Waals surface area (Å²) in [6, 6.07) is 5.62. The maximum atomic E-state index is 12.9. The first-order chi connectivity index (χ1) is 15.2. The van der Waals surface area contributed by atoms with Gasteiger partial charge in [0.2, 0.25) is 0 Å². The van der Waals surface area contributed by atoms with E-state index >= 15 is 0 Å². The number of benzene rings is 1. The molecule has 1 aromatic rings. The average molecular weight is 449 g/mol. The fraction of sp³-hybridized carbons (Fsp3) is 0.500. The van der Waals surface area contributed by atoms with Crippen molar-refractivity contribution in [2.75, 3.05) is 12.4 Å². The summed E-state index contributed by atoms with van der Waals surface area (Å²) in [6.07, 6.45) is 1.23. The van der Waals surface area contributed by atoms with Gasteiger partial charge in [0.25, 0.3) is 0 Å². The van der Waals surface area contributed by atoms with Gasteiger partial charge < -0.3 is 14.0 Å². The molecule has 0 spiro atoms. The summed E-state index contributed by atoms with van der Waals surface area (Å²) in [6.45, 7) is 4.12. The van der Waals surface area contributed by atoms with Gasteiger partial charge in [0.1, 0.15) is 5.82 Å². The van der Waals surface area contributed by atoms with E-state index in [1.54, 1.807) is 11.7 Å². The summed E-state index contributed by atoms with van der Waals surface area (Å²) in [4.78, 5) is 12.8. The zero-order valence-electron chi connectivity index (χ0n) is 18.2. The van der Waals surface area contributed by atoms with Crippen LogP contribution in [0.4, 0.5) is 19.0 Å². The molecular weight excluding hydrogens is 423 g/mol. The Kier molecular flexibility index (Phi) is 6.12. The second-order valence-electron chi connectivity index (χ2n) is 8.26. The molecule has 1 aromatic carbocycles. The average Bonchev–Trinajstić information content (AvgIpc) is 3.39. The number of imidazole rings is 1. The second-order valence-corrected chi connectivity index (χ2v) is 8.26. The van der Waals surface area contributed by atoms with E-state index in [4.69, 9.17) is 9.47 Å². The van der Waals surface area contributed by atoms with Crippen LogP contribution in [0.1, 0.15) is 56.8 Å². The van der Waals surface area contributed by atoms with Crippen LogP contribution in [0.25, 0.3) is 11.5 Å². The maximum absolute atomic E-state index is 12.9. The van der Waals surface area contributed by atoms with Crippen LogP contribution in [0.3, 0.4) is 0 Å². The van der Waals surface area contributed by atoms with Gasteiger partial charge in [0.05, 0.1) is 26.1 Å². The molecule has 0 bridgehead atoms. The summed E-state index contributed by atoms with van der Waals surface area (Å²) < 4.78 is 52.1. The van der Waals surface area contributed by atoms with E-state index in [1.165, 1.54) is 11.6 Å². The van der Waals surface area contributed by atoms with Crippen molar-refractivity contribution >= 4 is 5.82 Å². The van der Waals surface area contributed by atoms with E-state index in [1.807, 2.05) is 32.0 Å². The minimum atomic E-state index is -4.62. The molecule has 10 heteroatoms. The van der Waals surface area contributed by atoms with Crippen LogP contribution >= 0.6 is 0 Å². The predicted molar refractivity (Wildman–Crippen MR) is 113 cm³/mol. The van der Waals surface area contributed by atoms with Crippen LogP contribution in [0.15, 0.2) is 24.5 Å². The number of halogens is 3. The first-order valence-corrected chi connectivity index (χ1v) is 10.6. The third kappa shape index (κ3) is 4.89. The molecule has 0 radical (unpaired) electrons. The number of nitrogens with zero attached hydrogens (tertiary/aromatic N) is 4. The maximum Gasteiger partial charge on any atom is 0.483 e. The summed E-state index contributed by atoms with van der Waals surface area (Å²) in [5.74, 6) is 1.71. The van der Waals surface area contributed by atoms with Crippen molar-refractivity contribution < 1.29 is 22.6 Å². The molecule has 0 aromatic heterocycles. The SMILES string of the molecule is COc1ccc(Cn2cnc(NC(F)(F)F)c3nc(C(C)C)nc2-3)cc1OC1CCCC1. The van der Waals surface area contributed by atoms with Crippen LogP contribution in [0, 0.1) is 0 Å². The molecule has 32 heavy (non-hydrogen) atoms. The molecule has 2 heterocycles. The van der Waals surface area contributed by atoms with Crippen molar-refractivity contribution in [1.82, 2.24) is 19.5 Å². The lowest BCUT2D eigenvalue weighted by molar-refractivity contribution is -0.100. The molecule has 1 N–H and O–H groups in total. The highest BCUT2D eigenvalue weighted by molar-refractivity contribution is 5.68. The van der Waals surface area contributed by atoms with E-state index in [0.29, 0.717) is 29.7 Å². The number of hydrogen-bond donors (Lipinski definition) is 1. The zero-order valence-corrected chi connectivity index (χ0v) is 18.2. The van der Waals surface area contributed by atoms with Crippen molar-refractivity contribution in [3.8, 4) is 23.0 Å². The Balaban J connectivity index is 1.67. The van der Waals surface area contributed by atoms with Crippen LogP contribution in [0.2, 0.25) is 0 Å². The number of alkyl halides is 3. The van der Waals surface area contributed by atoms with Gasteiger partial charge in [0, 0.05) is 5.92 Å². The van der Waals surface area contributed by atoms with Crippen LogP contribution in [-0.2, 0) is 6.54 Å². The Labute approximate surface area is 184 Å². The molecule has 7 nitrogen and oxygen atoms in total. The first-order valence-electron chi connectivity index (χ1n) is 10.6. The molecule has 0 amide bonds. The number of aromatic nitrogens is 4. The van der Waals surface area contributed by atoms with Gasteiger partial charge in [-0.2, -0.15) is 13.2 Å². The van der Waals surface area contributed by atoms with E-state index in [2.05, 4.69) is 15.0 Å². The molecular formula is C22H26F3N5O2. The second kappa shape index (κ2) is 8.84. The van der Waals surface area contributed by atoms with Gasteiger partial charge in [-0.05, 0) is 43.4 Å². The summed E-state index contributed by atoms with van der Waals surface area (Å²) >= 11 is 0. The predicted octanol–water partition coefficient (Wildman–Crippen LogP) is 5.21. The Hall–Kier alpha value is -3.04. The highest BCUT2D eigenvalue weighted by Crippen LogP contribution is 2.34. The number of nitrogens with one attached hydrogen (secondary N) is 1. The summed E-state index contributed by atoms with van der Waals surface area (Å²) in [5, 5.41) is 1.47. The normalized spacial score (nSPS) is 15.0. The Morgan fingerprint density at radius 3 is 2.56 bits per heavy atom. The van der Waals surface area contributed by atoms with Crippen molar-refractivity contribution in [3.05, 3.63) is 35.9 Å². The quantitative estimate of drug-likeness (QED) is 0.499. The minimum Gasteiger partial charge on any atom is -0.493 e. The number of hydrogen-bond acceptors (Lipinski definition) is 6. The van der Waals surface area contributed by atoms with E-state index in [9.17, 15) is 13.2 Å². The van der Waals surface area contributed by atoms with Crippen LogP contribution < -0.4 is 14.8 Å². The first kappa shape index (κ1) is 22.2. The fourth-order valence-corrected chi connectivity index (χ4v) is 3.85. The smallest absolute Gasteiger partial charge is 0.483 e. The van der Waals surface area contributed by atoms with Crippen molar-refractivity contribution in [3.63, 3.8) is 0 Å². The highest BCUT2D eigenvalue weighted by atomic mass is 19.4. The van der Waals surface area contributed by atoms with E-state index < -0.39 is 6.30 Å². The molecule has 2 aliphatic heterocycles. The largest absolute Gasteiger partial charge is 0.493 e. The number of fused-ring (bicyclic) bond motifs is 1. The summed E-state index contributed by atoms with van der Waals surface area (Å²) in [5.41, 5.74) is 0.974. The molecule has 1 saturated carbocycles. The Morgan fingerprint density at radius 1 is 1.16 bits per heavy atom. The Morgan fingerprint density at radius 2 is 1.91 bits per heavy atom. The summed E-state index contributed by atoms with van der Waals surface area (Å²) in [7, 11) is 1.60. The van der Waals surface area contributed by atoms with E-state index in [0.717, 1.165) is 31.2 Å². The van der Waals surface area contributed by atoms with Gasteiger partial charge in [0.15, 0.2) is 28.8 Å². The third-order valence-corrected chi connectivity index (χ3v) is 5.43. The molecule has 0 saturated heterocycles. The molecule has 0 unspecified atom stereocenters. The standard InChI is InChI=1S/C22H26F3N5O2/c1-13(2)19-27-18-20(29-22(23,24)25)26-12-30(21(18)28-19)11-14-8-9-16(31-3)17(10-14)32-15-6-4-5-7-15/h8-10,12-13,15,29H,4-7,11H2,1-3H3. The highest BCUT2D eigenvalue weighted by Gasteiger charge is 2.32. The monoisotopic (exact) mass is 449 g/mol. The minimum absolute atomic E-state index is 0.0398. The lowest BCUT2D eigenvalue weighted by Crippen LogP contribution is -2.23. The van der Waals surface area contributed by atoms with Gasteiger partial charge in [-0.25, -0.2) is 15.0 Å². The van der Waals surface area contributed by atoms with Gasteiger partial charge in [-0.3, -0.25) is 5.32 Å². The number of rotatable bonds is 7. The van der Waals surface area contributed by atoms with Gasteiger partial charge >= 0.3 is 6.30 Å². The van der Waals surface area contributed by atoms with Crippen molar-refractivity contribution in [1.29, 1.82) is 0 Å². The lowest BCUT2D eigenvalue weighted by Gasteiger charge is -2.18.